The van der Waals surface area contributed by atoms with Gasteiger partial charge in [0.1, 0.15) is 11.6 Å². The van der Waals surface area contributed by atoms with Crippen LogP contribution < -0.4 is 0 Å². The van der Waals surface area contributed by atoms with Crippen LogP contribution in [0.4, 0.5) is 8.78 Å². The molecule has 0 saturated carbocycles. The zero-order valence-corrected chi connectivity index (χ0v) is 12.6. The van der Waals surface area contributed by atoms with E-state index in [1.807, 2.05) is 0 Å². The van der Waals surface area contributed by atoms with Gasteiger partial charge < -0.3 is 0 Å². The topological polar surface area (TPSA) is 0 Å². The molecule has 2 aromatic rings. The van der Waals surface area contributed by atoms with E-state index in [9.17, 15) is 8.78 Å². The van der Waals surface area contributed by atoms with Gasteiger partial charge >= 0.3 is 0 Å². The smallest absolute Gasteiger partial charge is 0.128 e. The summed E-state index contributed by atoms with van der Waals surface area (Å²) in [5.74, 6) is -1.06. The van der Waals surface area contributed by atoms with Gasteiger partial charge in [-0.1, -0.05) is 17.7 Å². The van der Waals surface area contributed by atoms with Crippen LogP contribution in [-0.2, 0) is 0 Å². The van der Waals surface area contributed by atoms with E-state index in [4.69, 9.17) is 23.2 Å². The third-order valence-corrected chi connectivity index (χ3v) is 4.53. The van der Waals surface area contributed by atoms with Crippen molar-refractivity contribution in [3.8, 4) is 0 Å². The van der Waals surface area contributed by atoms with Gasteiger partial charge in [-0.3, -0.25) is 0 Å². The van der Waals surface area contributed by atoms with Crippen LogP contribution in [-0.4, -0.2) is 0 Å². The number of alkyl halides is 1. The summed E-state index contributed by atoms with van der Waals surface area (Å²) < 4.78 is 27.6. The van der Waals surface area contributed by atoms with E-state index in [1.54, 1.807) is 18.2 Å². The van der Waals surface area contributed by atoms with Crippen LogP contribution in [0.2, 0.25) is 5.02 Å². The third kappa shape index (κ3) is 2.95. The Morgan fingerprint density at radius 3 is 2.44 bits per heavy atom. The highest BCUT2D eigenvalue weighted by Gasteiger charge is 2.17. The van der Waals surface area contributed by atoms with E-state index in [2.05, 4.69) is 22.6 Å². The van der Waals surface area contributed by atoms with Crippen molar-refractivity contribution in [3.63, 3.8) is 0 Å². The van der Waals surface area contributed by atoms with Crippen molar-refractivity contribution in [2.45, 2.75) is 5.38 Å². The van der Waals surface area contributed by atoms with Gasteiger partial charge in [0, 0.05) is 9.13 Å². The maximum atomic E-state index is 13.6. The van der Waals surface area contributed by atoms with Crippen molar-refractivity contribution in [2.75, 3.05) is 0 Å². The molecule has 2 rings (SSSR count). The summed E-state index contributed by atoms with van der Waals surface area (Å²) in [5, 5.41) is -0.231. The predicted octanol–water partition coefficient (Wildman–Crippen LogP) is 5.55. The number of hydrogen-bond acceptors (Lipinski definition) is 0. The van der Waals surface area contributed by atoms with Crippen LogP contribution in [0.5, 0.6) is 0 Å². The quantitative estimate of drug-likeness (QED) is 0.459. The average Bonchev–Trinajstić information content (AvgIpc) is 2.35. The minimum atomic E-state index is -0.768. The summed E-state index contributed by atoms with van der Waals surface area (Å²) in [6.07, 6.45) is 0. The van der Waals surface area contributed by atoms with E-state index in [1.165, 1.54) is 0 Å². The molecule has 0 bridgehead atoms. The van der Waals surface area contributed by atoms with Crippen LogP contribution in [0.15, 0.2) is 36.4 Å². The average molecular weight is 399 g/mol. The zero-order chi connectivity index (χ0) is 13.3. The van der Waals surface area contributed by atoms with Crippen LogP contribution in [0.25, 0.3) is 0 Å². The second-order valence-electron chi connectivity index (χ2n) is 3.70. The first-order valence-corrected chi connectivity index (χ1v) is 6.92. The van der Waals surface area contributed by atoms with Crippen molar-refractivity contribution in [3.05, 3.63) is 67.8 Å². The summed E-state index contributed by atoms with van der Waals surface area (Å²) in [5.41, 5.74) is 0.737. The fourth-order valence-corrected chi connectivity index (χ4v) is 2.39. The Hall–Kier alpha value is -0.390. The fraction of sp³-hybridized carbons (Fsp3) is 0.0769. The molecule has 0 nitrogen and oxygen atoms in total. The van der Waals surface area contributed by atoms with E-state index < -0.39 is 17.0 Å². The van der Waals surface area contributed by atoms with Crippen molar-refractivity contribution < 1.29 is 8.78 Å². The Labute approximate surface area is 127 Å². The van der Waals surface area contributed by atoms with Crippen LogP contribution >= 0.6 is 45.8 Å². The van der Waals surface area contributed by atoms with E-state index >= 15 is 0 Å². The molecule has 18 heavy (non-hydrogen) atoms. The molecule has 0 aliphatic rings. The Bertz CT molecular complexity index is 587. The normalized spacial score (nSPS) is 12.5. The molecule has 0 saturated heterocycles. The molecule has 94 valence electrons. The molecule has 1 atom stereocenters. The SMILES string of the molecule is Fc1ccc(F)c(C(Cl)c2ccc(I)c(Cl)c2)c1. The largest absolute Gasteiger partial charge is 0.207 e. The Morgan fingerprint density at radius 2 is 1.78 bits per heavy atom. The molecule has 0 aliphatic carbocycles. The van der Waals surface area contributed by atoms with Crippen LogP contribution in [0.3, 0.4) is 0 Å². The van der Waals surface area contributed by atoms with Crippen LogP contribution in [0.1, 0.15) is 16.5 Å². The van der Waals surface area contributed by atoms with Gasteiger partial charge in [0.15, 0.2) is 0 Å². The highest BCUT2D eigenvalue weighted by molar-refractivity contribution is 14.1. The highest BCUT2D eigenvalue weighted by Crippen LogP contribution is 2.33. The fourth-order valence-electron chi connectivity index (χ4n) is 1.56. The van der Waals surface area contributed by atoms with Crippen molar-refractivity contribution in [1.82, 2.24) is 0 Å². The van der Waals surface area contributed by atoms with Gasteiger partial charge in [-0.2, -0.15) is 0 Å². The summed E-state index contributed by atoms with van der Waals surface area (Å²) >= 11 is 14.2. The first-order valence-electron chi connectivity index (χ1n) is 5.03. The van der Waals surface area contributed by atoms with Crippen LogP contribution in [0, 0.1) is 15.2 Å². The summed E-state index contributed by atoms with van der Waals surface area (Å²) in [6, 6.07) is 8.41. The molecule has 1 unspecified atom stereocenters. The van der Waals surface area contributed by atoms with Gasteiger partial charge in [-0.25, -0.2) is 8.78 Å². The lowest BCUT2D eigenvalue weighted by Gasteiger charge is -2.12. The minimum absolute atomic E-state index is 0.106. The minimum Gasteiger partial charge on any atom is -0.207 e. The monoisotopic (exact) mass is 398 g/mol. The lowest BCUT2D eigenvalue weighted by molar-refractivity contribution is 0.587. The van der Waals surface area contributed by atoms with Gasteiger partial charge in [-0.05, 0) is 58.5 Å². The van der Waals surface area contributed by atoms with Gasteiger partial charge in [0.05, 0.1) is 10.4 Å². The van der Waals surface area contributed by atoms with E-state index in [-0.39, 0.29) is 5.56 Å². The molecule has 0 aromatic heterocycles. The number of rotatable bonds is 2. The number of hydrogen-bond donors (Lipinski definition) is 0. The summed E-state index contributed by atoms with van der Waals surface area (Å²) in [4.78, 5) is 0. The zero-order valence-electron chi connectivity index (χ0n) is 8.93. The Morgan fingerprint density at radius 1 is 1.06 bits per heavy atom. The van der Waals surface area contributed by atoms with Crippen molar-refractivity contribution in [2.24, 2.45) is 0 Å². The molecule has 0 spiro atoms. The molecule has 0 fully saturated rings. The third-order valence-electron chi connectivity index (χ3n) is 2.47. The lowest BCUT2D eigenvalue weighted by atomic mass is 10.0. The number of benzene rings is 2. The first kappa shape index (κ1) is 14.0. The molecular formula is C13H7Cl2F2I. The molecular weight excluding hydrogens is 392 g/mol. The molecule has 0 heterocycles. The standard InChI is InChI=1S/C13H7Cl2F2I/c14-10-5-7(1-4-12(10)18)13(15)9-6-8(16)2-3-11(9)17/h1-6,13H. The van der Waals surface area contributed by atoms with Gasteiger partial charge in [-0.15, -0.1) is 11.6 Å². The maximum Gasteiger partial charge on any atom is 0.128 e. The second-order valence-corrected chi connectivity index (χ2v) is 5.71. The Balaban J connectivity index is 2.44. The molecule has 0 aliphatic heterocycles. The molecule has 0 radical (unpaired) electrons. The maximum absolute atomic E-state index is 13.6. The van der Waals surface area contributed by atoms with E-state index in [0.717, 1.165) is 21.8 Å². The van der Waals surface area contributed by atoms with E-state index in [0.29, 0.717) is 10.6 Å². The molecule has 2 aromatic carbocycles. The molecule has 0 amide bonds. The second kappa shape index (κ2) is 5.72. The molecule has 0 N–H and O–H groups in total. The highest BCUT2D eigenvalue weighted by atomic mass is 127. The molecule has 5 heteroatoms. The van der Waals surface area contributed by atoms with Crippen molar-refractivity contribution in [1.29, 1.82) is 0 Å². The first-order chi connectivity index (χ1) is 8.49. The predicted molar refractivity (Wildman–Crippen MR) is 78.2 cm³/mol. The Kier molecular flexibility index (Phi) is 4.45. The van der Waals surface area contributed by atoms with Gasteiger partial charge in [0.2, 0.25) is 0 Å². The lowest BCUT2D eigenvalue weighted by Crippen LogP contribution is -1.98. The van der Waals surface area contributed by atoms with Crippen molar-refractivity contribution >= 4 is 45.8 Å². The van der Waals surface area contributed by atoms with Gasteiger partial charge in [0.25, 0.3) is 0 Å². The number of halogens is 5. The summed E-state index contributed by atoms with van der Waals surface area (Å²) in [6.45, 7) is 0. The summed E-state index contributed by atoms with van der Waals surface area (Å²) in [7, 11) is 0.